The number of nitrogens with zero attached hydrogens (tertiary/aromatic N) is 1. The summed E-state index contributed by atoms with van der Waals surface area (Å²) in [7, 11) is -3.98. The smallest absolute Gasteiger partial charge is 0.264 e. The first-order valence-electron chi connectivity index (χ1n) is 11.7. The Hall–Kier alpha value is -3.04. The molecule has 0 aliphatic rings. The van der Waals surface area contributed by atoms with Gasteiger partial charge in [-0.25, -0.2) is 12.8 Å². The van der Waals surface area contributed by atoms with E-state index in [2.05, 4.69) is 5.32 Å². The number of ether oxygens (including phenoxy) is 1. The van der Waals surface area contributed by atoms with Gasteiger partial charge in [0.1, 0.15) is 18.1 Å². The lowest BCUT2D eigenvalue weighted by atomic mass is 10.2. The van der Waals surface area contributed by atoms with Crippen LogP contribution in [0.15, 0.2) is 77.7 Å². The van der Waals surface area contributed by atoms with E-state index in [0.717, 1.165) is 33.4 Å². The lowest BCUT2D eigenvalue weighted by Gasteiger charge is -2.24. The molecule has 36 heavy (non-hydrogen) atoms. The first kappa shape index (κ1) is 27.5. The summed E-state index contributed by atoms with van der Waals surface area (Å²) in [5.41, 5.74) is 2.44. The predicted octanol–water partition coefficient (Wildman–Crippen LogP) is 5.17. The van der Waals surface area contributed by atoms with Crippen molar-refractivity contribution in [1.82, 2.24) is 5.32 Å². The lowest BCUT2D eigenvalue weighted by molar-refractivity contribution is -0.119. The Morgan fingerprint density at radius 1 is 1.00 bits per heavy atom. The minimum atomic E-state index is -3.98. The van der Waals surface area contributed by atoms with E-state index in [1.54, 1.807) is 48.2 Å². The molecule has 9 heteroatoms. The summed E-state index contributed by atoms with van der Waals surface area (Å²) in [6.07, 6.45) is 0.730. The zero-order valence-electron chi connectivity index (χ0n) is 20.4. The number of aryl methyl sites for hydroxylation is 1. The highest BCUT2D eigenvalue weighted by Crippen LogP contribution is 2.25. The molecule has 0 aliphatic carbocycles. The number of hydrogen-bond acceptors (Lipinski definition) is 5. The minimum absolute atomic E-state index is 0.0801. The van der Waals surface area contributed by atoms with Crippen LogP contribution in [0.1, 0.15) is 24.5 Å². The number of anilines is 1. The quantitative estimate of drug-likeness (QED) is 0.309. The van der Waals surface area contributed by atoms with Gasteiger partial charge in [-0.3, -0.25) is 9.10 Å². The van der Waals surface area contributed by atoms with Gasteiger partial charge in [0.2, 0.25) is 5.91 Å². The number of benzene rings is 3. The number of carbonyl (C=O) groups is 1. The molecule has 6 nitrogen and oxygen atoms in total. The zero-order valence-corrected chi connectivity index (χ0v) is 22.1. The van der Waals surface area contributed by atoms with Gasteiger partial charge < -0.3 is 10.1 Å². The summed E-state index contributed by atoms with van der Waals surface area (Å²) < 4.78 is 46.5. The molecule has 192 valence electrons. The molecule has 0 heterocycles. The maximum Gasteiger partial charge on any atom is 0.264 e. The van der Waals surface area contributed by atoms with Gasteiger partial charge in [-0.05, 0) is 80.1 Å². The molecule has 3 aromatic carbocycles. The molecule has 1 amide bonds. The van der Waals surface area contributed by atoms with Crippen molar-refractivity contribution in [3.8, 4) is 5.75 Å². The Kier molecular flexibility index (Phi) is 10.2. The Labute approximate surface area is 216 Å². The van der Waals surface area contributed by atoms with Crippen molar-refractivity contribution < 1.29 is 22.3 Å². The molecular formula is C27H31FN2O4S2. The molecule has 0 saturated heterocycles. The van der Waals surface area contributed by atoms with Crippen LogP contribution in [0.3, 0.4) is 0 Å². The van der Waals surface area contributed by atoms with Gasteiger partial charge in [0.25, 0.3) is 10.0 Å². The molecule has 0 bridgehead atoms. The number of sulfonamides is 1. The van der Waals surface area contributed by atoms with Crippen molar-refractivity contribution >= 4 is 33.4 Å². The second-order valence-corrected chi connectivity index (χ2v) is 11.1. The summed E-state index contributed by atoms with van der Waals surface area (Å²) in [5, 5.41) is 2.82. The summed E-state index contributed by atoms with van der Waals surface area (Å²) in [6, 6.07) is 19.6. The fraction of sp³-hybridized carbons (Fsp3) is 0.296. The Balaban J connectivity index is 1.59. The average Bonchev–Trinajstić information content (AvgIpc) is 2.87. The van der Waals surface area contributed by atoms with Crippen LogP contribution in [-0.4, -0.2) is 39.8 Å². The van der Waals surface area contributed by atoms with Gasteiger partial charge in [-0.15, -0.1) is 0 Å². The van der Waals surface area contributed by atoms with Crippen LogP contribution in [0.5, 0.6) is 5.75 Å². The van der Waals surface area contributed by atoms with Gasteiger partial charge >= 0.3 is 0 Å². The molecule has 0 saturated carbocycles. The van der Waals surface area contributed by atoms with Gasteiger partial charge in [0.05, 0.1) is 17.2 Å². The molecule has 1 N–H and O–H groups in total. The van der Waals surface area contributed by atoms with Crippen LogP contribution < -0.4 is 14.4 Å². The normalized spacial score (nSPS) is 11.2. The summed E-state index contributed by atoms with van der Waals surface area (Å²) in [4.78, 5) is 12.8. The van der Waals surface area contributed by atoms with Crippen LogP contribution in [0, 0.1) is 12.7 Å². The largest absolute Gasteiger partial charge is 0.494 e. The summed E-state index contributed by atoms with van der Waals surface area (Å²) in [6.45, 7) is 4.34. The first-order chi connectivity index (χ1) is 17.3. The van der Waals surface area contributed by atoms with E-state index in [9.17, 15) is 17.6 Å². The number of rotatable bonds is 13. The van der Waals surface area contributed by atoms with Gasteiger partial charge in [0.15, 0.2) is 0 Å². The van der Waals surface area contributed by atoms with E-state index < -0.39 is 10.0 Å². The number of halogens is 1. The van der Waals surface area contributed by atoms with E-state index in [0.29, 0.717) is 24.6 Å². The third-order valence-corrected chi connectivity index (χ3v) is 8.20. The minimum Gasteiger partial charge on any atom is -0.494 e. The van der Waals surface area contributed by atoms with Crippen molar-refractivity contribution in [2.45, 2.75) is 30.9 Å². The number of thioether (sulfide) groups is 1. The first-order valence-corrected chi connectivity index (χ1v) is 14.3. The Morgan fingerprint density at radius 2 is 1.67 bits per heavy atom. The van der Waals surface area contributed by atoms with E-state index in [-0.39, 0.29) is 23.2 Å². The molecule has 0 unspecified atom stereocenters. The molecular weight excluding hydrogens is 499 g/mol. The SMILES string of the molecule is CCOc1ccc(S(=O)(=O)N(CC(=O)NCCCSCc2ccc(F)cc2)c2ccc(C)cc2)cc1. The maximum absolute atomic E-state index is 13.5. The number of nitrogens with one attached hydrogen (secondary N) is 1. The van der Waals surface area contributed by atoms with E-state index in [1.165, 1.54) is 24.3 Å². The van der Waals surface area contributed by atoms with Crippen LogP contribution in [0.25, 0.3) is 0 Å². The van der Waals surface area contributed by atoms with E-state index >= 15 is 0 Å². The highest BCUT2D eigenvalue weighted by Gasteiger charge is 2.27. The molecule has 0 aromatic heterocycles. The molecule has 0 radical (unpaired) electrons. The van der Waals surface area contributed by atoms with Gasteiger partial charge in [-0.2, -0.15) is 11.8 Å². The third kappa shape index (κ3) is 7.99. The highest BCUT2D eigenvalue weighted by atomic mass is 32.2. The van der Waals surface area contributed by atoms with Gasteiger partial charge in [-0.1, -0.05) is 29.8 Å². The number of hydrogen-bond donors (Lipinski definition) is 1. The standard InChI is InChI=1S/C27H31FN2O4S2/c1-3-34-25-13-15-26(16-14-25)36(32,33)30(24-11-5-21(2)6-12-24)19-27(31)29-17-4-18-35-20-22-7-9-23(28)10-8-22/h5-16H,3-4,17-20H2,1-2H3,(H,29,31). The van der Waals surface area contributed by atoms with Crippen molar-refractivity contribution in [1.29, 1.82) is 0 Å². The maximum atomic E-state index is 13.5. The fourth-order valence-electron chi connectivity index (χ4n) is 3.39. The van der Waals surface area contributed by atoms with Crippen molar-refractivity contribution in [2.75, 3.05) is 29.8 Å². The van der Waals surface area contributed by atoms with Crippen LogP contribution in [-0.2, 0) is 20.6 Å². The Morgan fingerprint density at radius 3 is 2.31 bits per heavy atom. The number of carbonyl (C=O) groups excluding carboxylic acids is 1. The number of amides is 1. The summed E-state index contributed by atoms with van der Waals surface area (Å²) >= 11 is 1.69. The highest BCUT2D eigenvalue weighted by molar-refractivity contribution is 7.98. The van der Waals surface area contributed by atoms with Crippen LogP contribution >= 0.6 is 11.8 Å². The fourth-order valence-corrected chi connectivity index (χ4v) is 5.73. The monoisotopic (exact) mass is 530 g/mol. The topological polar surface area (TPSA) is 75.7 Å². The lowest BCUT2D eigenvalue weighted by Crippen LogP contribution is -2.41. The van der Waals surface area contributed by atoms with Crippen LogP contribution in [0.4, 0.5) is 10.1 Å². The third-order valence-electron chi connectivity index (χ3n) is 5.30. The summed E-state index contributed by atoms with van der Waals surface area (Å²) in [5.74, 6) is 1.51. The molecule has 0 atom stereocenters. The molecule has 3 aromatic rings. The van der Waals surface area contributed by atoms with Gasteiger partial charge in [0, 0.05) is 12.3 Å². The Bertz CT molecular complexity index is 1220. The van der Waals surface area contributed by atoms with Crippen LogP contribution in [0.2, 0.25) is 0 Å². The second kappa shape index (κ2) is 13.3. The zero-order chi connectivity index (χ0) is 26.0. The second-order valence-electron chi connectivity index (χ2n) is 8.13. The molecule has 0 aliphatic heterocycles. The molecule has 0 spiro atoms. The van der Waals surface area contributed by atoms with Crippen molar-refractivity contribution in [2.24, 2.45) is 0 Å². The molecule has 0 fully saturated rings. The van der Waals surface area contributed by atoms with E-state index in [1.807, 2.05) is 26.0 Å². The molecule has 3 rings (SSSR count). The van der Waals surface area contributed by atoms with Crippen molar-refractivity contribution in [3.05, 3.63) is 89.7 Å². The predicted molar refractivity (Wildman–Crippen MR) is 144 cm³/mol. The van der Waals surface area contributed by atoms with Crippen molar-refractivity contribution in [3.63, 3.8) is 0 Å². The average molecular weight is 531 g/mol. The van der Waals surface area contributed by atoms with E-state index in [4.69, 9.17) is 4.74 Å².